The lowest BCUT2D eigenvalue weighted by atomic mass is 10.1. The van der Waals surface area contributed by atoms with Crippen LogP contribution in [-0.4, -0.2) is 73.8 Å². The van der Waals surface area contributed by atoms with E-state index in [2.05, 4.69) is 30.3 Å². The molecular weight excluding hydrogens is 481 g/mol. The van der Waals surface area contributed by atoms with Crippen LogP contribution in [-0.2, 0) is 14.2 Å². The van der Waals surface area contributed by atoms with Gasteiger partial charge in [0.1, 0.15) is 11.9 Å². The Balaban J connectivity index is 1.28. The molecule has 10 nitrogen and oxygen atoms in total. The molecule has 1 aromatic heterocycles. The zero-order valence-electron chi connectivity index (χ0n) is 18.5. The van der Waals surface area contributed by atoms with Gasteiger partial charge in [-0.25, -0.2) is 5.43 Å². The molecule has 0 bridgehead atoms. The van der Waals surface area contributed by atoms with Crippen molar-refractivity contribution in [2.45, 2.75) is 12.5 Å². The fraction of sp³-hybridized carbons (Fsp3) is 0.455. The van der Waals surface area contributed by atoms with Gasteiger partial charge in [-0.2, -0.15) is 20.1 Å². The number of nitrogens with one attached hydrogen (secondary N) is 1. The number of hydrazone groups is 1. The highest BCUT2D eigenvalue weighted by molar-refractivity contribution is 6.33. The molecule has 0 spiro atoms. The Morgan fingerprint density at radius 2 is 1.59 bits per heavy atom. The number of allylic oxidation sites excluding steroid dienone is 1. The number of aromatic nitrogens is 3. The van der Waals surface area contributed by atoms with E-state index in [9.17, 15) is 0 Å². The predicted octanol–water partition coefficient (Wildman–Crippen LogP) is 3.29. The minimum absolute atomic E-state index is 0.203. The second-order valence-corrected chi connectivity index (χ2v) is 8.79. The molecule has 1 aromatic carbocycles. The molecule has 2 fully saturated rings. The molecule has 3 aliphatic rings. The van der Waals surface area contributed by atoms with E-state index < -0.39 is 0 Å². The summed E-state index contributed by atoms with van der Waals surface area (Å²) in [5.74, 6) is 2.20. The lowest BCUT2D eigenvalue weighted by Gasteiger charge is -2.30. The molecule has 4 heterocycles. The monoisotopic (exact) mass is 505 g/mol. The van der Waals surface area contributed by atoms with Crippen molar-refractivity contribution in [1.82, 2.24) is 15.0 Å². The van der Waals surface area contributed by atoms with Crippen LogP contribution in [0, 0.1) is 0 Å². The van der Waals surface area contributed by atoms with Crippen LogP contribution in [0.5, 0.6) is 0 Å². The third-order valence-electron chi connectivity index (χ3n) is 5.67. The van der Waals surface area contributed by atoms with Gasteiger partial charge in [0.15, 0.2) is 0 Å². The van der Waals surface area contributed by atoms with E-state index in [0.29, 0.717) is 66.5 Å². The largest absolute Gasteiger partial charge is 0.484 e. The second-order valence-electron chi connectivity index (χ2n) is 7.94. The number of ether oxygens (including phenoxy) is 3. The highest BCUT2D eigenvalue weighted by Gasteiger charge is 2.23. The van der Waals surface area contributed by atoms with Crippen molar-refractivity contribution < 1.29 is 14.2 Å². The molecule has 1 unspecified atom stereocenters. The van der Waals surface area contributed by atoms with Gasteiger partial charge in [-0.15, -0.1) is 0 Å². The Hall–Kier alpha value is -2.66. The molecule has 0 amide bonds. The van der Waals surface area contributed by atoms with E-state index >= 15 is 0 Å². The summed E-state index contributed by atoms with van der Waals surface area (Å²) < 4.78 is 16.9. The second kappa shape index (κ2) is 10.7. The van der Waals surface area contributed by atoms with Crippen molar-refractivity contribution in [3.05, 3.63) is 45.6 Å². The van der Waals surface area contributed by atoms with E-state index in [0.717, 1.165) is 31.7 Å². The highest BCUT2D eigenvalue weighted by Crippen LogP contribution is 2.35. The average molecular weight is 506 g/mol. The fourth-order valence-corrected chi connectivity index (χ4v) is 4.31. The van der Waals surface area contributed by atoms with Crippen molar-refractivity contribution in [3.8, 4) is 0 Å². The first-order valence-electron chi connectivity index (χ1n) is 11.2. The fourth-order valence-electron chi connectivity index (χ4n) is 3.89. The topological polar surface area (TPSA) is 97.2 Å². The summed E-state index contributed by atoms with van der Waals surface area (Å²) in [6.07, 6.45) is 4.03. The molecule has 5 rings (SSSR count). The van der Waals surface area contributed by atoms with Crippen LogP contribution >= 0.6 is 23.2 Å². The van der Waals surface area contributed by atoms with Gasteiger partial charge in [-0.05, 0) is 24.3 Å². The van der Waals surface area contributed by atoms with Crippen LogP contribution in [0.2, 0.25) is 10.0 Å². The SMILES string of the molecule is Clc1ccc(Cl)c(C2CC=C(/C=N/Nc3nc(N4CCOCC4)nc(N4CCOCC4)n3)O2)c1. The Bertz CT molecular complexity index is 1040. The maximum atomic E-state index is 6.31. The third kappa shape index (κ3) is 5.52. The standard InChI is InChI=1S/C22H25Cl2N7O3/c23-15-1-3-18(24)17(13-15)19-4-2-16(34-19)14-25-29-20-26-21(30-5-9-32-10-6-30)28-22(27-20)31-7-11-33-12-8-31/h1-3,13-14,19H,4-12H2,(H,26,27,28,29)/b25-14+. The summed E-state index contributed by atoms with van der Waals surface area (Å²) in [5, 5.41) is 5.54. The van der Waals surface area contributed by atoms with Crippen molar-refractivity contribution in [3.63, 3.8) is 0 Å². The van der Waals surface area contributed by atoms with Crippen molar-refractivity contribution in [2.75, 3.05) is 67.8 Å². The molecule has 0 radical (unpaired) electrons. The molecule has 2 aromatic rings. The first-order valence-corrected chi connectivity index (χ1v) is 11.9. The van der Waals surface area contributed by atoms with Crippen LogP contribution in [0.1, 0.15) is 18.1 Å². The Kier molecular flexibility index (Phi) is 7.29. The molecule has 0 aliphatic carbocycles. The summed E-state index contributed by atoms with van der Waals surface area (Å²) in [7, 11) is 0. The Morgan fingerprint density at radius 1 is 0.941 bits per heavy atom. The molecular formula is C22H25Cl2N7O3. The minimum atomic E-state index is -0.203. The zero-order valence-corrected chi connectivity index (χ0v) is 20.0. The summed E-state index contributed by atoms with van der Waals surface area (Å²) in [4.78, 5) is 18.0. The van der Waals surface area contributed by atoms with Crippen LogP contribution < -0.4 is 15.2 Å². The van der Waals surface area contributed by atoms with Gasteiger partial charge < -0.3 is 24.0 Å². The maximum Gasteiger partial charge on any atom is 0.250 e. The van der Waals surface area contributed by atoms with E-state index in [1.165, 1.54) is 0 Å². The molecule has 34 heavy (non-hydrogen) atoms. The van der Waals surface area contributed by atoms with E-state index in [1.807, 2.05) is 12.1 Å². The van der Waals surface area contributed by atoms with Crippen molar-refractivity contribution >= 4 is 47.3 Å². The van der Waals surface area contributed by atoms with Gasteiger partial charge in [-0.1, -0.05) is 23.2 Å². The van der Waals surface area contributed by atoms with E-state index in [-0.39, 0.29) is 6.10 Å². The number of rotatable bonds is 6. The number of anilines is 3. The molecule has 12 heteroatoms. The predicted molar refractivity (Wildman–Crippen MR) is 131 cm³/mol. The molecule has 3 aliphatic heterocycles. The quantitative estimate of drug-likeness (QED) is 0.468. The molecule has 1 N–H and O–H groups in total. The molecule has 0 saturated carbocycles. The number of hydrogen-bond donors (Lipinski definition) is 1. The van der Waals surface area contributed by atoms with Crippen molar-refractivity contribution in [1.29, 1.82) is 0 Å². The normalized spacial score (nSPS) is 21.0. The highest BCUT2D eigenvalue weighted by atomic mass is 35.5. The Morgan fingerprint density at radius 3 is 2.24 bits per heavy atom. The lowest BCUT2D eigenvalue weighted by Crippen LogP contribution is -2.40. The number of morpholine rings is 2. The number of halogens is 2. The van der Waals surface area contributed by atoms with Gasteiger partial charge in [0.2, 0.25) is 17.8 Å². The van der Waals surface area contributed by atoms with Gasteiger partial charge in [0.25, 0.3) is 0 Å². The third-order valence-corrected chi connectivity index (χ3v) is 6.25. The van der Waals surface area contributed by atoms with Gasteiger partial charge >= 0.3 is 0 Å². The van der Waals surface area contributed by atoms with E-state index in [4.69, 9.17) is 42.4 Å². The summed E-state index contributed by atoms with van der Waals surface area (Å²) in [5.41, 5.74) is 3.78. The van der Waals surface area contributed by atoms with E-state index in [1.54, 1.807) is 18.3 Å². The van der Waals surface area contributed by atoms with Crippen LogP contribution in [0.25, 0.3) is 0 Å². The molecule has 1 atom stereocenters. The van der Waals surface area contributed by atoms with Crippen LogP contribution in [0.3, 0.4) is 0 Å². The first-order chi connectivity index (χ1) is 16.7. The Labute approximate surface area is 207 Å². The minimum Gasteiger partial charge on any atom is -0.484 e. The number of benzene rings is 1. The summed E-state index contributed by atoms with van der Waals surface area (Å²) >= 11 is 12.4. The molecule has 180 valence electrons. The van der Waals surface area contributed by atoms with Gasteiger partial charge in [-0.3, -0.25) is 0 Å². The van der Waals surface area contributed by atoms with Crippen LogP contribution in [0.15, 0.2) is 35.1 Å². The van der Waals surface area contributed by atoms with Crippen molar-refractivity contribution in [2.24, 2.45) is 5.10 Å². The maximum absolute atomic E-state index is 6.31. The summed E-state index contributed by atoms with van der Waals surface area (Å²) in [6.45, 7) is 5.47. The van der Waals surface area contributed by atoms with Crippen LogP contribution in [0.4, 0.5) is 17.8 Å². The number of nitrogens with zero attached hydrogens (tertiary/aromatic N) is 6. The first kappa shape index (κ1) is 23.1. The number of hydrogen-bond acceptors (Lipinski definition) is 10. The summed E-state index contributed by atoms with van der Waals surface area (Å²) in [6, 6.07) is 5.36. The molecule has 2 saturated heterocycles. The zero-order chi connectivity index (χ0) is 23.3. The smallest absolute Gasteiger partial charge is 0.250 e. The lowest BCUT2D eigenvalue weighted by molar-refractivity contribution is 0.121. The van der Waals surface area contributed by atoms with Gasteiger partial charge in [0.05, 0.1) is 32.6 Å². The average Bonchev–Trinajstić information content (AvgIpc) is 3.35. The van der Waals surface area contributed by atoms with Gasteiger partial charge in [0, 0.05) is 48.2 Å².